The van der Waals surface area contributed by atoms with Gasteiger partial charge in [0.2, 0.25) is 0 Å². The Morgan fingerprint density at radius 3 is 2.61 bits per heavy atom. The van der Waals surface area contributed by atoms with Crippen LogP contribution in [0.4, 0.5) is 5.82 Å². The first-order chi connectivity index (χ1) is 19.0. The highest BCUT2D eigenvalue weighted by Gasteiger charge is 2.54. The van der Waals surface area contributed by atoms with E-state index in [0.29, 0.717) is 11.2 Å². The number of imidazole rings is 1. The van der Waals surface area contributed by atoms with Crippen LogP contribution in [0.2, 0.25) is 0 Å². The predicted octanol–water partition coefficient (Wildman–Crippen LogP) is 3.04. The fourth-order valence-electron chi connectivity index (χ4n) is 3.81. The smallest absolute Gasteiger partial charge is 0.406 e. The van der Waals surface area contributed by atoms with Crippen LogP contribution in [0, 0.1) is 5.41 Å². The fraction of sp³-hybridized carbons (Fsp3) is 0.708. The van der Waals surface area contributed by atoms with Crippen LogP contribution < -0.4 is 10.8 Å². The van der Waals surface area contributed by atoms with Gasteiger partial charge in [-0.05, 0) is 27.7 Å². The lowest BCUT2D eigenvalue weighted by atomic mass is 10.00. The number of nitrogen functional groups attached to an aromatic ring is 1. The normalized spacial score (nSPS) is 25.4. The molecule has 14 nitrogen and oxygen atoms in total. The largest absolute Gasteiger partial charge is 0.462 e. The Kier molecular flexibility index (Phi) is 10.8. The van der Waals surface area contributed by atoms with Crippen molar-refractivity contribution in [2.45, 2.75) is 83.9 Å². The molecule has 230 valence electrons. The molecule has 4 N–H and O–H groups in total. The number of anilines is 1. The number of fused-ring (bicyclic) bond motifs is 1. The van der Waals surface area contributed by atoms with Crippen molar-refractivity contribution in [3.05, 3.63) is 12.7 Å². The zero-order valence-electron chi connectivity index (χ0n) is 24.1. The van der Waals surface area contributed by atoms with Gasteiger partial charge in [-0.3, -0.25) is 23.2 Å². The van der Waals surface area contributed by atoms with E-state index in [2.05, 4.69) is 20.0 Å². The van der Waals surface area contributed by atoms with Crippen LogP contribution in [0.1, 0.15) is 54.7 Å². The van der Waals surface area contributed by atoms with Gasteiger partial charge in [-0.15, -0.1) is 11.6 Å². The number of hydrogen-bond acceptors (Lipinski definition) is 13. The van der Waals surface area contributed by atoms with Crippen LogP contribution in [0.3, 0.4) is 0 Å². The molecule has 1 aliphatic rings. The first kappa shape index (κ1) is 33.7. The number of thioether (sulfide) groups is 1. The number of aliphatic hydroxyl groups excluding tert-OH is 1. The van der Waals surface area contributed by atoms with E-state index in [4.69, 9.17) is 35.9 Å². The second-order valence-electron chi connectivity index (χ2n) is 11.1. The molecule has 1 fully saturated rings. The summed E-state index contributed by atoms with van der Waals surface area (Å²) in [5.41, 5.74) is 6.01. The van der Waals surface area contributed by atoms with Gasteiger partial charge in [-0.2, -0.15) is 0 Å². The molecule has 1 aliphatic heterocycles. The summed E-state index contributed by atoms with van der Waals surface area (Å²) < 4.78 is 37.7. The molecule has 2 aromatic rings. The van der Waals surface area contributed by atoms with E-state index in [1.165, 1.54) is 24.1 Å². The molecule has 0 unspecified atom stereocenters. The number of ether oxygens (including phenoxy) is 2. The van der Waals surface area contributed by atoms with Gasteiger partial charge in [-0.25, -0.2) is 24.6 Å². The minimum Gasteiger partial charge on any atom is -0.462 e. The summed E-state index contributed by atoms with van der Waals surface area (Å²) in [6, 6.07) is -1.06. The minimum absolute atomic E-state index is 0.0624. The average Bonchev–Trinajstić information content (AvgIpc) is 3.38. The van der Waals surface area contributed by atoms with Crippen molar-refractivity contribution in [1.82, 2.24) is 24.6 Å². The lowest BCUT2D eigenvalue weighted by Gasteiger charge is -2.26. The highest BCUT2D eigenvalue weighted by molar-refractivity contribution is 8.13. The maximum atomic E-state index is 13.7. The van der Waals surface area contributed by atoms with Crippen molar-refractivity contribution >= 4 is 59.2 Å². The van der Waals surface area contributed by atoms with Gasteiger partial charge in [0.15, 0.2) is 22.8 Å². The third-order valence-corrected chi connectivity index (χ3v) is 9.38. The number of halogens is 1. The van der Waals surface area contributed by atoms with E-state index >= 15 is 0 Å². The zero-order chi connectivity index (χ0) is 30.8. The SMILES string of the molecule is CC(C)OC(=O)[C@H](C)N[P@](=O)(OCCSC(=O)C(C)(C)C)OC[C@H]1O[C@@H](n2cnc3c(N)ncnc32)[C@](C)(Cl)[C@@H]1O. The number of carbonyl (C=O) groups excluding carboxylic acids is 2. The Bertz CT molecular complexity index is 1290. The van der Waals surface area contributed by atoms with Crippen molar-refractivity contribution in [3.63, 3.8) is 0 Å². The molecule has 0 saturated carbocycles. The number of rotatable bonds is 12. The number of hydrogen-bond donors (Lipinski definition) is 3. The van der Waals surface area contributed by atoms with E-state index in [1.807, 2.05) is 0 Å². The lowest BCUT2D eigenvalue weighted by Crippen LogP contribution is -2.40. The van der Waals surface area contributed by atoms with E-state index in [0.717, 1.165) is 11.8 Å². The van der Waals surface area contributed by atoms with Crippen LogP contribution in [0.5, 0.6) is 0 Å². The van der Waals surface area contributed by atoms with Gasteiger partial charge in [0.25, 0.3) is 0 Å². The Morgan fingerprint density at radius 1 is 1.29 bits per heavy atom. The second kappa shape index (κ2) is 13.2. The van der Waals surface area contributed by atoms with Crippen molar-refractivity contribution in [1.29, 1.82) is 0 Å². The summed E-state index contributed by atoms with van der Waals surface area (Å²) >= 11 is 7.77. The third-order valence-electron chi connectivity index (χ3n) is 6.01. The number of aromatic nitrogens is 4. The summed E-state index contributed by atoms with van der Waals surface area (Å²) in [7, 11) is -4.19. The number of aliphatic hydroxyl groups is 1. The number of nitrogens with one attached hydrogen (secondary N) is 1. The van der Waals surface area contributed by atoms with E-state index in [1.54, 1.807) is 41.5 Å². The van der Waals surface area contributed by atoms with Gasteiger partial charge < -0.3 is 20.3 Å². The van der Waals surface area contributed by atoms with E-state index < -0.39 is 61.2 Å². The van der Waals surface area contributed by atoms with Crippen LogP contribution >= 0.6 is 31.1 Å². The molecule has 0 amide bonds. The summed E-state index contributed by atoms with van der Waals surface area (Å²) in [5, 5.41) is 13.5. The Hall–Kier alpha value is -1.84. The molecular weight excluding hydrogens is 599 g/mol. The monoisotopic (exact) mass is 636 g/mol. The molecule has 0 aromatic carbocycles. The van der Waals surface area contributed by atoms with Crippen molar-refractivity contribution < 1.29 is 37.8 Å². The molecule has 3 heterocycles. The first-order valence-electron chi connectivity index (χ1n) is 13.0. The maximum absolute atomic E-state index is 13.7. The molecule has 3 rings (SSSR count). The highest BCUT2D eigenvalue weighted by Crippen LogP contribution is 2.48. The van der Waals surface area contributed by atoms with Crippen LogP contribution in [-0.2, 0) is 32.7 Å². The number of carbonyl (C=O) groups is 2. The average molecular weight is 637 g/mol. The molecular formula is C24H38ClN6O8PS. The van der Waals surface area contributed by atoms with E-state index in [-0.39, 0.29) is 23.3 Å². The topological polar surface area (TPSA) is 190 Å². The van der Waals surface area contributed by atoms with Gasteiger partial charge in [-0.1, -0.05) is 32.5 Å². The van der Waals surface area contributed by atoms with Crippen LogP contribution in [0.25, 0.3) is 11.2 Å². The fourth-order valence-corrected chi connectivity index (χ4v) is 6.49. The Balaban J connectivity index is 1.74. The summed E-state index contributed by atoms with van der Waals surface area (Å²) in [5.74, 6) is -0.303. The number of nitrogens with two attached hydrogens (primary N) is 1. The second-order valence-corrected chi connectivity index (χ2v) is 14.7. The molecule has 0 spiro atoms. The molecule has 17 heteroatoms. The first-order valence-corrected chi connectivity index (χ1v) is 15.9. The molecule has 0 bridgehead atoms. The molecule has 2 aromatic heterocycles. The van der Waals surface area contributed by atoms with E-state index in [9.17, 15) is 19.3 Å². The van der Waals surface area contributed by atoms with Crippen molar-refractivity contribution in [2.24, 2.45) is 5.41 Å². The number of nitrogens with zero attached hydrogens (tertiary/aromatic N) is 4. The predicted molar refractivity (Wildman–Crippen MR) is 154 cm³/mol. The van der Waals surface area contributed by atoms with Crippen LogP contribution in [0.15, 0.2) is 12.7 Å². The molecule has 0 radical (unpaired) electrons. The third kappa shape index (κ3) is 8.17. The molecule has 6 atom stereocenters. The van der Waals surface area contributed by atoms with Gasteiger partial charge in [0, 0.05) is 11.2 Å². The van der Waals surface area contributed by atoms with Gasteiger partial charge >= 0.3 is 13.7 Å². The highest BCUT2D eigenvalue weighted by atomic mass is 35.5. The zero-order valence-corrected chi connectivity index (χ0v) is 26.5. The molecule has 41 heavy (non-hydrogen) atoms. The number of alkyl halides is 1. The maximum Gasteiger partial charge on any atom is 0.406 e. The Morgan fingerprint density at radius 2 is 1.98 bits per heavy atom. The lowest BCUT2D eigenvalue weighted by molar-refractivity contribution is -0.149. The summed E-state index contributed by atoms with van der Waals surface area (Å²) in [4.78, 5) is 35.6. The Labute approximate surface area is 248 Å². The summed E-state index contributed by atoms with van der Waals surface area (Å²) in [6.07, 6.45) is -1.01. The van der Waals surface area contributed by atoms with Gasteiger partial charge in [0.05, 0.1) is 25.6 Å². The van der Waals surface area contributed by atoms with Gasteiger partial charge in [0.1, 0.15) is 35.0 Å². The van der Waals surface area contributed by atoms with Crippen LogP contribution in [-0.4, -0.2) is 83.9 Å². The number of esters is 1. The summed E-state index contributed by atoms with van der Waals surface area (Å²) in [6.45, 7) is 11.2. The molecule has 1 saturated heterocycles. The minimum atomic E-state index is -4.19. The van der Waals surface area contributed by atoms with Crippen molar-refractivity contribution in [3.8, 4) is 0 Å². The van der Waals surface area contributed by atoms with Crippen molar-refractivity contribution in [2.75, 3.05) is 24.7 Å². The quantitative estimate of drug-likeness (QED) is 0.133. The molecule has 0 aliphatic carbocycles. The standard InChI is InChI=1S/C24H38ClN6O8PS/c1-13(2)38-20(33)14(3)30-40(35,36-8-9-41-22(34)23(4,5)6)37-10-15-17(32)24(7,25)21(39-15)31-12-29-16-18(26)27-11-28-19(16)31/h11-15,17,21,32H,8-10H2,1-7H3,(H,30,35)(H2,26,27,28)/t14-,15+,17+,21+,24+,40-/m0/s1.